The van der Waals surface area contributed by atoms with Gasteiger partial charge >= 0.3 is 0 Å². The molecule has 3 N–H and O–H groups in total. The summed E-state index contributed by atoms with van der Waals surface area (Å²) < 4.78 is 0.432. The Balaban J connectivity index is 1.96. The fraction of sp³-hybridized carbons (Fsp3) is 0.273. The quantitative estimate of drug-likeness (QED) is 0.590. The Morgan fingerprint density at radius 2 is 2.35 bits per heavy atom. The molecule has 1 aromatic heterocycles. The Morgan fingerprint density at radius 3 is 3.12 bits per heavy atom. The van der Waals surface area contributed by atoms with Gasteiger partial charge in [-0.1, -0.05) is 12.2 Å². The standard InChI is InChI=1S/C11H13BrN4O/c12-10-9(7-14-16-11(10)17)15-13-6-8-4-2-1-3-5-8/h1-2,6-7,13H,3-5H2,(H2,15,16,17). The third-order valence-electron chi connectivity index (χ3n) is 2.46. The lowest BCUT2D eigenvalue weighted by atomic mass is 10.0. The van der Waals surface area contributed by atoms with Crippen LogP contribution < -0.4 is 16.4 Å². The third-order valence-corrected chi connectivity index (χ3v) is 3.24. The summed E-state index contributed by atoms with van der Waals surface area (Å²) in [5.41, 5.74) is 7.57. The molecule has 1 aliphatic carbocycles. The lowest BCUT2D eigenvalue weighted by molar-refractivity contribution is 0.869. The van der Waals surface area contributed by atoms with Crippen LogP contribution in [0.2, 0.25) is 0 Å². The van der Waals surface area contributed by atoms with Crippen LogP contribution in [0, 0.1) is 0 Å². The van der Waals surface area contributed by atoms with E-state index in [0.717, 1.165) is 19.3 Å². The van der Waals surface area contributed by atoms with E-state index >= 15 is 0 Å². The zero-order valence-corrected chi connectivity index (χ0v) is 10.8. The molecule has 0 saturated heterocycles. The first-order valence-electron chi connectivity index (χ1n) is 5.35. The van der Waals surface area contributed by atoms with Crippen LogP contribution in [0.15, 0.2) is 39.4 Å². The Kier molecular flexibility index (Phi) is 3.98. The second-order valence-electron chi connectivity index (χ2n) is 3.71. The first kappa shape index (κ1) is 11.9. The Bertz CT molecular complexity index is 506. The van der Waals surface area contributed by atoms with Gasteiger partial charge in [0, 0.05) is 6.20 Å². The van der Waals surface area contributed by atoms with Crippen molar-refractivity contribution in [3.8, 4) is 0 Å². The van der Waals surface area contributed by atoms with Gasteiger partial charge in [0.1, 0.15) is 4.47 Å². The van der Waals surface area contributed by atoms with Crippen molar-refractivity contribution in [3.63, 3.8) is 0 Å². The summed E-state index contributed by atoms with van der Waals surface area (Å²) in [6, 6.07) is 0. The first-order valence-corrected chi connectivity index (χ1v) is 6.14. The van der Waals surface area contributed by atoms with Gasteiger partial charge < -0.3 is 5.43 Å². The van der Waals surface area contributed by atoms with Crippen LogP contribution in [0.25, 0.3) is 0 Å². The number of aromatic amines is 1. The number of hydrogen-bond acceptors (Lipinski definition) is 4. The lowest BCUT2D eigenvalue weighted by Crippen LogP contribution is -2.19. The largest absolute Gasteiger partial charge is 0.308 e. The first-order chi connectivity index (χ1) is 8.27. The van der Waals surface area contributed by atoms with E-state index in [-0.39, 0.29) is 5.56 Å². The van der Waals surface area contributed by atoms with E-state index in [1.807, 2.05) is 6.20 Å². The van der Waals surface area contributed by atoms with Gasteiger partial charge in [0.25, 0.3) is 5.56 Å². The highest BCUT2D eigenvalue weighted by Gasteiger charge is 2.03. The monoisotopic (exact) mass is 296 g/mol. The van der Waals surface area contributed by atoms with Crippen molar-refractivity contribution in [1.29, 1.82) is 0 Å². The summed E-state index contributed by atoms with van der Waals surface area (Å²) in [6.45, 7) is 0. The topological polar surface area (TPSA) is 69.8 Å². The number of H-pyrrole nitrogens is 1. The highest BCUT2D eigenvalue weighted by molar-refractivity contribution is 9.10. The van der Waals surface area contributed by atoms with Crippen molar-refractivity contribution in [2.24, 2.45) is 0 Å². The minimum Gasteiger partial charge on any atom is -0.308 e. The molecule has 1 aliphatic rings. The molecule has 0 saturated carbocycles. The smallest absolute Gasteiger partial charge is 0.280 e. The molecule has 2 rings (SSSR count). The summed E-state index contributed by atoms with van der Waals surface area (Å²) in [4.78, 5) is 11.2. The van der Waals surface area contributed by atoms with Crippen LogP contribution in [-0.2, 0) is 0 Å². The predicted molar refractivity (Wildman–Crippen MR) is 70.4 cm³/mol. The summed E-state index contributed by atoms with van der Waals surface area (Å²) in [6.07, 6.45) is 10.9. The van der Waals surface area contributed by atoms with Gasteiger partial charge in [0.05, 0.1) is 11.9 Å². The zero-order valence-electron chi connectivity index (χ0n) is 9.16. The normalized spacial score (nSPS) is 17.1. The number of allylic oxidation sites excluding steroid dienone is 3. The molecule has 0 spiro atoms. The Labute approximate surface area is 107 Å². The van der Waals surface area contributed by atoms with Crippen molar-refractivity contribution in [3.05, 3.63) is 44.9 Å². The van der Waals surface area contributed by atoms with E-state index < -0.39 is 0 Å². The lowest BCUT2D eigenvalue weighted by Gasteiger charge is -2.11. The number of rotatable bonds is 3. The molecule has 0 amide bonds. The molecule has 0 aliphatic heterocycles. The Hall–Kier alpha value is -1.56. The molecule has 90 valence electrons. The van der Waals surface area contributed by atoms with Crippen molar-refractivity contribution in [1.82, 2.24) is 15.6 Å². The van der Waals surface area contributed by atoms with Gasteiger partial charge in [-0.15, -0.1) is 0 Å². The number of hydrogen-bond donors (Lipinski definition) is 3. The molecule has 0 aromatic carbocycles. The van der Waals surface area contributed by atoms with E-state index in [1.165, 1.54) is 11.8 Å². The SMILES string of the molecule is O=c1[nH]ncc(NNC=C2CC=CCC2)c1Br. The molecular weight excluding hydrogens is 284 g/mol. The average molecular weight is 297 g/mol. The van der Waals surface area contributed by atoms with E-state index in [0.29, 0.717) is 10.2 Å². The number of anilines is 1. The van der Waals surface area contributed by atoms with Crippen LogP contribution in [0.5, 0.6) is 0 Å². The molecule has 1 aromatic rings. The molecule has 6 heteroatoms. The second kappa shape index (κ2) is 5.67. The molecule has 5 nitrogen and oxygen atoms in total. The maximum atomic E-state index is 11.2. The average Bonchev–Trinajstić information content (AvgIpc) is 2.36. The van der Waals surface area contributed by atoms with E-state index in [4.69, 9.17) is 0 Å². The maximum Gasteiger partial charge on any atom is 0.280 e. The third kappa shape index (κ3) is 3.20. The van der Waals surface area contributed by atoms with Crippen LogP contribution in [0.1, 0.15) is 19.3 Å². The maximum absolute atomic E-state index is 11.2. The number of hydrazine groups is 1. The Morgan fingerprint density at radius 1 is 1.47 bits per heavy atom. The number of nitrogens with one attached hydrogen (secondary N) is 3. The predicted octanol–water partition coefficient (Wildman–Crippen LogP) is 2.07. The van der Waals surface area contributed by atoms with Gasteiger partial charge in [0.2, 0.25) is 0 Å². The van der Waals surface area contributed by atoms with Crippen molar-refractivity contribution < 1.29 is 0 Å². The fourth-order valence-electron chi connectivity index (χ4n) is 1.54. The van der Waals surface area contributed by atoms with Gasteiger partial charge in [-0.3, -0.25) is 10.2 Å². The highest BCUT2D eigenvalue weighted by Crippen LogP contribution is 2.16. The summed E-state index contributed by atoms with van der Waals surface area (Å²) in [5.74, 6) is 0. The summed E-state index contributed by atoms with van der Waals surface area (Å²) >= 11 is 3.19. The molecule has 17 heavy (non-hydrogen) atoms. The molecule has 0 radical (unpaired) electrons. The zero-order chi connectivity index (χ0) is 12.1. The van der Waals surface area contributed by atoms with E-state index in [1.54, 1.807) is 0 Å². The highest BCUT2D eigenvalue weighted by atomic mass is 79.9. The van der Waals surface area contributed by atoms with Gasteiger partial charge in [0.15, 0.2) is 0 Å². The van der Waals surface area contributed by atoms with Crippen LogP contribution in [0.3, 0.4) is 0 Å². The number of halogens is 1. The molecule has 0 fully saturated rings. The van der Waals surface area contributed by atoms with Gasteiger partial charge in [-0.05, 0) is 40.8 Å². The van der Waals surface area contributed by atoms with Crippen molar-refractivity contribution >= 4 is 21.6 Å². The fourth-order valence-corrected chi connectivity index (χ4v) is 1.83. The second-order valence-corrected chi connectivity index (χ2v) is 4.51. The molecule has 1 heterocycles. The van der Waals surface area contributed by atoms with Crippen LogP contribution >= 0.6 is 15.9 Å². The van der Waals surface area contributed by atoms with E-state index in [9.17, 15) is 4.79 Å². The minimum atomic E-state index is -0.259. The molecule has 0 bridgehead atoms. The minimum absolute atomic E-state index is 0.259. The molecule has 0 unspecified atom stereocenters. The molecular formula is C11H13BrN4O. The van der Waals surface area contributed by atoms with Crippen LogP contribution in [-0.4, -0.2) is 10.2 Å². The van der Waals surface area contributed by atoms with Crippen LogP contribution in [0.4, 0.5) is 5.69 Å². The van der Waals surface area contributed by atoms with Gasteiger partial charge in [-0.25, -0.2) is 5.10 Å². The molecule has 0 atom stereocenters. The summed E-state index contributed by atoms with van der Waals surface area (Å²) in [7, 11) is 0. The van der Waals surface area contributed by atoms with Gasteiger partial charge in [-0.2, -0.15) is 5.10 Å². The summed E-state index contributed by atoms with van der Waals surface area (Å²) in [5, 5.41) is 6.04. The number of aromatic nitrogens is 2. The van der Waals surface area contributed by atoms with Crippen molar-refractivity contribution in [2.45, 2.75) is 19.3 Å². The number of nitrogens with zero attached hydrogens (tertiary/aromatic N) is 1. The van der Waals surface area contributed by atoms with E-state index in [2.05, 4.69) is 49.1 Å². The van der Waals surface area contributed by atoms with Crippen molar-refractivity contribution in [2.75, 3.05) is 5.43 Å².